The number of hydrogen-bond acceptors (Lipinski definition) is 4. The fourth-order valence-corrected chi connectivity index (χ4v) is 3.60. The molecule has 4 nitrogen and oxygen atoms in total. The van der Waals surface area contributed by atoms with Gasteiger partial charge in [0.05, 0.1) is 24.9 Å². The molecule has 1 fully saturated rings. The molecule has 4 rings (SSSR count). The highest BCUT2D eigenvalue weighted by molar-refractivity contribution is 5.86. The first kappa shape index (κ1) is 14.7. The average Bonchev–Trinajstić information content (AvgIpc) is 2.98. The highest BCUT2D eigenvalue weighted by Gasteiger charge is 2.30. The van der Waals surface area contributed by atoms with Crippen LogP contribution in [-0.2, 0) is 11.2 Å². The lowest BCUT2D eigenvalue weighted by atomic mass is 9.98. The minimum atomic E-state index is -0.354. The van der Waals surface area contributed by atoms with Gasteiger partial charge in [0.15, 0.2) is 11.6 Å². The molecular weight excluding hydrogens is 297 g/mol. The van der Waals surface area contributed by atoms with Crippen molar-refractivity contribution < 1.29 is 18.6 Å². The third-order valence-electron chi connectivity index (χ3n) is 4.75. The maximum Gasteiger partial charge on any atom is 0.174 e. The van der Waals surface area contributed by atoms with Crippen LogP contribution in [0.15, 0.2) is 18.3 Å². The van der Waals surface area contributed by atoms with Gasteiger partial charge >= 0.3 is 0 Å². The Balaban J connectivity index is 1.63. The summed E-state index contributed by atoms with van der Waals surface area (Å²) in [5, 5.41) is 0.522. The first-order valence-corrected chi connectivity index (χ1v) is 8.18. The Morgan fingerprint density at radius 3 is 3.00 bits per heavy atom. The summed E-state index contributed by atoms with van der Waals surface area (Å²) in [6.07, 6.45) is 6.96. The van der Waals surface area contributed by atoms with Crippen LogP contribution in [0.4, 0.5) is 4.39 Å². The summed E-state index contributed by atoms with van der Waals surface area (Å²) in [5.74, 6) is 0.574. The second kappa shape index (κ2) is 5.96. The van der Waals surface area contributed by atoms with Crippen molar-refractivity contribution in [2.75, 3.05) is 13.7 Å². The van der Waals surface area contributed by atoms with Crippen molar-refractivity contribution in [1.82, 2.24) is 4.98 Å². The largest absolute Gasteiger partial charge is 0.494 e. The van der Waals surface area contributed by atoms with Crippen LogP contribution in [0.25, 0.3) is 10.9 Å². The molecule has 2 aliphatic heterocycles. The summed E-state index contributed by atoms with van der Waals surface area (Å²) in [4.78, 5) is 4.32. The van der Waals surface area contributed by atoms with Gasteiger partial charge in [0, 0.05) is 30.4 Å². The average molecular weight is 317 g/mol. The highest BCUT2D eigenvalue weighted by atomic mass is 19.1. The molecule has 0 aliphatic carbocycles. The van der Waals surface area contributed by atoms with Crippen LogP contribution in [0.3, 0.4) is 0 Å². The third kappa shape index (κ3) is 2.63. The summed E-state index contributed by atoms with van der Waals surface area (Å²) in [7, 11) is 1.47. The lowest BCUT2D eigenvalue weighted by Crippen LogP contribution is -2.26. The normalized spacial score (nSPS) is 23.6. The van der Waals surface area contributed by atoms with Gasteiger partial charge in [-0.05, 0) is 31.4 Å². The molecule has 122 valence electrons. The van der Waals surface area contributed by atoms with Crippen LogP contribution < -0.4 is 9.47 Å². The first-order chi connectivity index (χ1) is 11.3. The Kier molecular flexibility index (Phi) is 3.81. The van der Waals surface area contributed by atoms with Gasteiger partial charge in [-0.15, -0.1) is 0 Å². The number of ether oxygens (including phenoxy) is 3. The van der Waals surface area contributed by atoms with Gasteiger partial charge in [-0.3, -0.25) is 4.98 Å². The number of hydrogen-bond donors (Lipinski definition) is 0. The van der Waals surface area contributed by atoms with Gasteiger partial charge in [-0.1, -0.05) is 0 Å². The van der Waals surface area contributed by atoms with Gasteiger partial charge in [0.1, 0.15) is 11.9 Å². The van der Waals surface area contributed by atoms with Crippen molar-refractivity contribution in [3.8, 4) is 11.5 Å². The maximum absolute atomic E-state index is 14.7. The van der Waals surface area contributed by atoms with Crippen molar-refractivity contribution in [3.63, 3.8) is 0 Å². The Morgan fingerprint density at radius 1 is 1.30 bits per heavy atom. The van der Waals surface area contributed by atoms with Gasteiger partial charge in [-0.2, -0.15) is 0 Å². The van der Waals surface area contributed by atoms with E-state index >= 15 is 0 Å². The first-order valence-electron chi connectivity index (χ1n) is 8.18. The molecule has 1 aromatic carbocycles. The molecule has 2 atom stereocenters. The van der Waals surface area contributed by atoms with E-state index in [4.69, 9.17) is 14.2 Å². The fraction of sp³-hybridized carbons (Fsp3) is 0.500. The van der Waals surface area contributed by atoms with E-state index in [1.54, 1.807) is 18.3 Å². The summed E-state index contributed by atoms with van der Waals surface area (Å²) >= 11 is 0. The fourth-order valence-electron chi connectivity index (χ4n) is 3.60. The van der Waals surface area contributed by atoms with Crippen molar-refractivity contribution in [2.24, 2.45) is 0 Å². The lowest BCUT2D eigenvalue weighted by molar-refractivity contribution is -0.00737. The molecule has 0 amide bonds. The number of methoxy groups -OCH3 is 1. The summed E-state index contributed by atoms with van der Waals surface area (Å²) < 4.78 is 31.6. The van der Waals surface area contributed by atoms with Gasteiger partial charge in [0.2, 0.25) is 0 Å². The Bertz CT molecular complexity index is 728. The number of benzene rings is 1. The molecule has 0 N–H and O–H groups in total. The van der Waals surface area contributed by atoms with E-state index in [0.717, 1.165) is 31.4 Å². The summed E-state index contributed by atoms with van der Waals surface area (Å²) in [6, 6.07) is 3.40. The van der Waals surface area contributed by atoms with E-state index in [1.165, 1.54) is 13.5 Å². The highest BCUT2D eigenvalue weighted by Crippen LogP contribution is 2.38. The third-order valence-corrected chi connectivity index (χ3v) is 4.75. The number of pyridine rings is 1. The molecule has 3 heterocycles. The van der Waals surface area contributed by atoms with Crippen molar-refractivity contribution in [3.05, 3.63) is 29.7 Å². The quantitative estimate of drug-likeness (QED) is 0.866. The second-order valence-electron chi connectivity index (χ2n) is 6.25. The molecule has 1 saturated heterocycles. The SMILES string of the molecule is COc1ccc2ncc3c(c2c1F)CC(CC1CCCCO1)O3. The smallest absolute Gasteiger partial charge is 0.174 e. The van der Waals surface area contributed by atoms with Crippen LogP contribution >= 0.6 is 0 Å². The molecule has 0 spiro atoms. The Morgan fingerprint density at radius 2 is 2.22 bits per heavy atom. The molecule has 2 unspecified atom stereocenters. The minimum Gasteiger partial charge on any atom is -0.494 e. The number of nitrogens with zero attached hydrogens (tertiary/aromatic N) is 1. The van der Waals surface area contributed by atoms with E-state index in [9.17, 15) is 4.39 Å². The predicted molar refractivity (Wildman–Crippen MR) is 84.6 cm³/mol. The van der Waals surface area contributed by atoms with Gasteiger partial charge in [-0.25, -0.2) is 4.39 Å². The van der Waals surface area contributed by atoms with E-state index in [0.29, 0.717) is 23.1 Å². The molecular formula is C18H20FNO3. The van der Waals surface area contributed by atoms with Crippen molar-refractivity contribution >= 4 is 10.9 Å². The summed E-state index contributed by atoms with van der Waals surface area (Å²) in [5.41, 5.74) is 1.53. The molecule has 1 aromatic heterocycles. The number of rotatable bonds is 3. The lowest BCUT2D eigenvalue weighted by Gasteiger charge is -2.24. The van der Waals surface area contributed by atoms with Gasteiger partial charge in [0.25, 0.3) is 0 Å². The van der Waals surface area contributed by atoms with E-state index in [2.05, 4.69) is 4.98 Å². The topological polar surface area (TPSA) is 40.6 Å². The van der Waals surface area contributed by atoms with E-state index in [-0.39, 0.29) is 23.8 Å². The van der Waals surface area contributed by atoms with Crippen LogP contribution in [0.1, 0.15) is 31.2 Å². The van der Waals surface area contributed by atoms with Crippen LogP contribution in [-0.4, -0.2) is 30.9 Å². The Hall–Kier alpha value is -1.88. The van der Waals surface area contributed by atoms with Gasteiger partial charge < -0.3 is 14.2 Å². The van der Waals surface area contributed by atoms with E-state index < -0.39 is 0 Å². The molecule has 5 heteroatoms. The van der Waals surface area contributed by atoms with Crippen molar-refractivity contribution in [1.29, 1.82) is 0 Å². The molecule has 0 saturated carbocycles. The zero-order chi connectivity index (χ0) is 15.8. The number of aromatic nitrogens is 1. The molecule has 23 heavy (non-hydrogen) atoms. The summed E-state index contributed by atoms with van der Waals surface area (Å²) in [6.45, 7) is 0.834. The molecule has 2 aromatic rings. The molecule has 0 bridgehead atoms. The number of fused-ring (bicyclic) bond motifs is 3. The monoisotopic (exact) mass is 317 g/mol. The maximum atomic E-state index is 14.7. The zero-order valence-corrected chi connectivity index (χ0v) is 13.2. The predicted octanol–water partition coefficient (Wildman–Crippen LogP) is 3.65. The van der Waals surface area contributed by atoms with Crippen LogP contribution in [0.5, 0.6) is 11.5 Å². The number of halogens is 1. The Labute approximate surface area is 134 Å². The van der Waals surface area contributed by atoms with E-state index in [1.807, 2.05) is 0 Å². The second-order valence-corrected chi connectivity index (χ2v) is 6.25. The van der Waals surface area contributed by atoms with Crippen LogP contribution in [0, 0.1) is 5.82 Å². The standard InChI is InChI=1S/C18H20FNO3/c1-21-15-6-5-14-17(18(15)19)13-9-12(23-16(13)10-20-14)8-11-4-2-3-7-22-11/h5-6,10-12H,2-4,7-9H2,1H3. The minimum absolute atomic E-state index is 0.0334. The molecule has 0 radical (unpaired) electrons. The van der Waals surface area contributed by atoms with Crippen molar-refractivity contribution in [2.45, 2.75) is 44.3 Å². The zero-order valence-electron chi connectivity index (χ0n) is 13.2. The van der Waals surface area contributed by atoms with Crippen LogP contribution in [0.2, 0.25) is 0 Å². The molecule has 2 aliphatic rings.